The summed E-state index contributed by atoms with van der Waals surface area (Å²) < 4.78 is 0. The molecular formula is C21H31IN4S2. The van der Waals surface area contributed by atoms with Gasteiger partial charge < -0.3 is 10.2 Å². The highest BCUT2D eigenvalue weighted by Crippen LogP contribution is 2.25. The van der Waals surface area contributed by atoms with Gasteiger partial charge in [0.2, 0.25) is 0 Å². The van der Waals surface area contributed by atoms with Gasteiger partial charge in [0.1, 0.15) is 0 Å². The topological polar surface area (TPSA) is 40.5 Å². The second-order valence-corrected chi connectivity index (χ2v) is 9.07. The summed E-state index contributed by atoms with van der Waals surface area (Å²) in [6.07, 6.45) is 4.66. The number of aryl methyl sites for hydroxylation is 2. The number of hydrogen-bond donors (Lipinski definition) is 1. The monoisotopic (exact) mass is 530 g/mol. The van der Waals surface area contributed by atoms with Gasteiger partial charge in [-0.05, 0) is 50.7 Å². The molecule has 1 aromatic carbocycles. The number of halogens is 1. The van der Waals surface area contributed by atoms with Gasteiger partial charge in [0.15, 0.2) is 5.96 Å². The summed E-state index contributed by atoms with van der Waals surface area (Å²) in [6.45, 7) is 5.26. The molecule has 0 aliphatic carbocycles. The van der Waals surface area contributed by atoms with Crippen molar-refractivity contribution >= 4 is 53.0 Å². The summed E-state index contributed by atoms with van der Waals surface area (Å²) in [4.78, 5) is 12.8. The van der Waals surface area contributed by atoms with E-state index in [-0.39, 0.29) is 24.0 Å². The van der Waals surface area contributed by atoms with Crippen LogP contribution >= 0.6 is 47.1 Å². The highest BCUT2D eigenvalue weighted by Gasteiger charge is 2.24. The standard InChI is InChI=1S/C21H30N4S2.HI/c1-17-15-27-20(24-17)10-6-7-12-23-21(22-2)25-13-11-18(14-25)16-26-19-8-4-3-5-9-19;/h3-5,8-9,15,18H,6-7,10-14,16H2,1-2H3,(H,22,23);1H. The fourth-order valence-electron chi connectivity index (χ4n) is 3.34. The van der Waals surface area contributed by atoms with Crippen molar-refractivity contribution in [3.8, 4) is 0 Å². The molecule has 7 heteroatoms. The molecule has 1 aliphatic rings. The molecule has 154 valence electrons. The lowest BCUT2D eigenvalue weighted by Crippen LogP contribution is -2.40. The number of guanidine groups is 1. The fraction of sp³-hybridized carbons (Fsp3) is 0.524. The van der Waals surface area contributed by atoms with Crippen LogP contribution in [0.5, 0.6) is 0 Å². The van der Waals surface area contributed by atoms with Crippen LogP contribution in [0.3, 0.4) is 0 Å². The normalized spacial score (nSPS) is 16.9. The zero-order chi connectivity index (χ0) is 18.9. The minimum absolute atomic E-state index is 0. The number of hydrogen-bond acceptors (Lipinski definition) is 4. The van der Waals surface area contributed by atoms with Crippen molar-refractivity contribution in [2.24, 2.45) is 10.9 Å². The van der Waals surface area contributed by atoms with E-state index in [9.17, 15) is 0 Å². The lowest BCUT2D eigenvalue weighted by Gasteiger charge is -2.21. The van der Waals surface area contributed by atoms with Gasteiger partial charge in [0.05, 0.1) is 5.01 Å². The van der Waals surface area contributed by atoms with E-state index in [1.165, 1.54) is 28.5 Å². The number of rotatable bonds is 8. The van der Waals surface area contributed by atoms with Gasteiger partial charge in [-0.15, -0.1) is 47.1 Å². The number of likely N-dealkylation sites (tertiary alicyclic amines) is 1. The summed E-state index contributed by atoms with van der Waals surface area (Å²) in [5.41, 5.74) is 1.14. The molecule has 1 saturated heterocycles. The van der Waals surface area contributed by atoms with Gasteiger partial charge in [-0.3, -0.25) is 4.99 Å². The molecule has 2 aromatic rings. The van der Waals surface area contributed by atoms with Crippen molar-refractivity contribution in [2.45, 2.75) is 37.5 Å². The van der Waals surface area contributed by atoms with E-state index < -0.39 is 0 Å². The molecule has 1 aliphatic heterocycles. The molecule has 1 atom stereocenters. The Morgan fingerprint density at radius 3 is 2.86 bits per heavy atom. The minimum Gasteiger partial charge on any atom is -0.356 e. The van der Waals surface area contributed by atoms with Gasteiger partial charge >= 0.3 is 0 Å². The molecule has 0 radical (unpaired) electrons. The third-order valence-corrected chi connectivity index (χ3v) is 7.06. The summed E-state index contributed by atoms with van der Waals surface area (Å²) in [5.74, 6) is 2.99. The Balaban J connectivity index is 0.00000280. The summed E-state index contributed by atoms with van der Waals surface area (Å²) in [6, 6.07) is 10.7. The molecule has 28 heavy (non-hydrogen) atoms. The first kappa shape index (κ1) is 23.5. The van der Waals surface area contributed by atoms with Crippen LogP contribution in [0, 0.1) is 12.8 Å². The number of unbranched alkanes of at least 4 members (excludes halogenated alkanes) is 1. The highest BCUT2D eigenvalue weighted by atomic mass is 127. The number of thioether (sulfide) groups is 1. The molecule has 1 fully saturated rings. The van der Waals surface area contributed by atoms with Crippen molar-refractivity contribution < 1.29 is 0 Å². The molecule has 0 spiro atoms. The summed E-state index contributed by atoms with van der Waals surface area (Å²) in [5, 5.41) is 6.94. The molecule has 2 heterocycles. The van der Waals surface area contributed by atoms with Crippen molar-refractivity contribution in [1.82, 2.24) is 15.2 Å². The van der Waals surface area contributed by atoms with E-state index >= 15 is 0 Å². The molecule has 1 N–H and O–H groups in total. The van der Waals surface area contributed by atoms with Crippen molar-refractivity contribution in [3.63, 3.8) is 0 Å². The number of aliphatic imine (C=N–C) groups is 1. The Labute approximate surface area is 194 Å². The van der Waals surface area contributed by atoms with Gasteiger partial charge in [-0.25, -0.2) is 4.98 Å². The van der Waals surface area contributed by atoms with E-state index in [0.29, 0.717) is 0 Å². The third-order valence-electron chi connectivity index (χ3n) is 4.79. The quantitative estimate of drug-likeness (QED) is 0.170. The first-order chi connectivity index (χ1) is 13.2. The highest BCUT2D eigenvalue weighted by molar-refractivity contribution is 14.0. The maximum Gasteiger partial charge on any atom is 0.193 e. The van der Waals surface area contributed by atoms with Crippen LogP contribution in [-0.2, 0) is 6.42 Å². The van der Waals surface area contributed by atoms with E-state index in [2.05, 4.69) is 62.8 Å². The third kappa shape index (κ3) is 7.55. The lowest BCUT2D eigenvalue weighted by atomic mass is 10.2. The predicted octanol–water partition coefficient (Wildman–Crippen LogP) is 5.08. The van der Waals surface area contributed by atoms with Crippen molar-refractivity contribution in [1.29, 1.82) is 0 Å². The average molecular weight is 531 g/mol. The van der Waals surface area contributed by atoms with Crippen LogP contribution in [0.4, 0.5) is 0 Å². The molecule has 0 bridgehead atoms. The molecular weight excluding hydrogens is 499 g/mol. The maximum absolute atomic E-state index is 4.53. The number of aromatic nitrogens is 1. The number of nitrogens with one attached hydrogen (secondary N) is 1. The molecule has 0 saturated carbocycles. The number of nitrogens with zero attached hydrogens (tertiary/aromatic N) is 3. The van der Waals surface area contributed by atoms with Crippen LogP contribution in [0.1, 0.15) is 30.0 Å². The van der Waals surface area contributed by atoms with Gasteiger partial charge in [0.25, 0.3) is 0 Å². The summed E-state index contributed by atoms with van der Waals surface area (Å²) >= 11 is 3.75. The maximum atomic E-state index is 4.53. The Hall–Kier alpha value is -0.800. The Bertz CT molecular complexity index is 720. The Morgan fingerprint density at radius 2 is 2.14 bits per heavy atom. The largest absolute Gasteiger partial charge is 0.356 e. The Kier molecular flexibility index (Phi) is 10.6. The van der Waals surface area contributed by atoms with E-state index in [4.69, 9.17) is 0 Å². The first-order valence-corrected chi connectivity index (χ1v) is 11.7. The van der Waals surface area contributed by atoms with E-state index in [1.54, 1.807) is 11.3 Å². The molecule has 4 nitrogen and oxygen atoms in total. The zero-order valence-corrected chi connectivity index (χ0v) is 20.7. The van der Waals surface area contributed by atoms with Gasteiger partial charge in [-0.1, -0.05) is 18.2 Å². The average Bonchev–Trinajstić information content (AvgIpc) is 3.33. The van der Waals surface area contributed by atoms with Crippen LogP contribution < -0.4 is 5.32 Å². The molecule has 0 amide bonds. The summed E-state index contributed by atoms with van der Waals surface area (Å²) in [7, 11) is 1.90. The number of thiazole rings is 1. The second kappa shape index (κ2) is 12.7. The first-order valence-electron chi connectivity index (χ1n) is 9.79. The van der Waals surface area contributed by atoms with Crippen LogP contribution in [0.2, 0.25) is 0 Å². The zero-order valence-electron chi connectivity index (χ0n) is 16.8. The van der Waals surface area contributed by atoms with Crippen LogP contribution in [0.15, 0.2) is 45.6 Å². The van der Waals surface area contributed by atoms with E-state index in [0.717, 1.165) is 50.0 Å². The lowest BCUT2D eigenvalue weighted by molar-refractivity contribution is 0.472. The van der Waals surface area contributed by atoms with Gasteiger partial charge in [0, 0.05) is 48.4 Å². The SMILES string of the molecule is CN=C(NCCCCc1nc(C)cs1)N1CCC(CSc2ccccc2)C1.I. The molecule has 3 rings (SSSR count). The molecule has 1 aromatic heterocycles. The smallest absolute Gasteiger partial charge is 0.193 e. The van der Waals surface area contributed by atoms with Crippen LogP contribution in [0.25, 0.3) is 0 Å². The molecule has 1 unspecified atom stereocenters. The number of benzene rings is 1. The van der Waals surface area contributed by atoms with Gasteiger partial charge in [-0.2, -0.15) is 0 Å². The second-order valence-electron chi connectivity index (χ2n) is 7.04. The Morgan fingerprint density at radius 1 is 1.32 bits per heavy atom. The van der Waals surface area contributed by atoms with Crippen molar-refractivity contribution in [3.05, 3.63) is 46.4 Å². The predicted molar refractivity (Wildman–Crippen MR) is 133 cm³/mol. The van der Waals surface area contributed by atoms with Crippen molar-refractivity contribution in [2.75, 3.05) is 32.4 Å². The minimum atomic E-state index is 0. The van der Waals surface area contributed by atoms with E-state index in [1.807, 2.05) is 18.8 Å². The van der Waals surface area contributed by atoms with Crippen LogP contribution in [-0.4, -0.2) is 48.3 Å². The fourth-order valence-corrected chi connectivity index (χ4v) is 5.21.